The molecule has 6 nitrogen and oxygen atoms in total. The highest BCUT2D eigenvalue weighted by molar-refractivity contribution is 7.94. The molecule has 0 atom stereocenters. The Labute approximate surface area is 111 Å². The Morgan fingerprint density at radius 2 is 2.11 bits per heavy atom. The number of nitrogens with zero attached hydrogens (tertiary/aromatic N) is 1. The van der Waals surface area contributed by atoms with Gasteiger partial charge in [-0.3, -0.25) is 9.71 Å². The Bertz CT molecular complexity index is 727. The molecule has 0 amide bonds. The summed E-state index contributed by atoms with van der Waals surface area (Å²) in [7, 11) is -3.94. The molecule has 2 N–H and O–H groups in total. The van der Waals surface area contributed by atoms with E-state index in [-0.39, 0.29) is 14.8 Å². The van der Waals surface area contributed by atoms with Gasteiger partial charge in [-0.1, -0.05) is 0 Å². The first-order valence-electron chi connectivity index (χ1n) is 4.85. The maximum absolute atomic E-state index is 12.9. The van der Waals surface area contributed by atoms with E-state index in [4.69, 9.17) is 5.11 Å². The van der Waals surface area contributed by atoms with Crippen LogP contribution < -0.4 is 4.72 Å². The van der Waals surface area contributed by atoms with Crippen molar-refractivity contribution >= 4 is 33.0 Å². The fourth-order valence-corrected chi connectivity index (χ4v) is 3.43. The van der Waals surface area contributed by atoms with E-state index in [1.165, 1.54) is 12.1 Å². The van der Waals surface area contributed by atoms with Crippen LogP contribution in [-0.2, 0) is 10.0 Å². The first kappa shape index (κ1) is 13.4. The molecular formula is C10H7FN2O4S2. The average Bonchev–Trinajstić information content (AvgIpc) is 2.78. The Hall–Kier alpha value is -2.00. The molecule has 2 aromatic heterocycles. The van der Waals surface area contributed by atoms with Crippen molar-refractivity contribution in [3.63, 3.8) is 0 Å². The molecule has 100 valence electrons. The van der Waals surface area contributed by atoms with Gasteiger partial charge in [-0.25, -0.2) is 17.6 Å². The zero-order valence-corrected chi connectivity index (χ0v) is 10.8. The van der Waals surface area contributed by atoms with Crippen LogP contribution in [0.1, 0.15) is 9.67 Å². The standard InChI is InChI=1S/C10H7FN2O4S2/c11-6-3-7(5-12-4-6)13-19(16,17)9-2-1-8(18-9)10(14)15/h1-5,13H,(H,14,15). The third-order valence-corrected chi connectivity index (χ3v) is 4.96. The highest BCUT2D eigenvalue weighted by Crippen LogP contribution is 2.24. The minimum atomic E-state index is -3.94. The van der Waals surface area contributed by atoms with Gasteiger partial charge in [0.05, 0.1) is 18.1 Å². The second-order valence-electron chi connectivity index (χ2n) is 3.42. The lowest BCUT2D eigenvalue weighted by atomic mass is 10.4. The van der Waals surface area contributed by atoms with Crippen molar-refractivity contribution in [3.05, 3.63) is 41.3 Å². The predicted octanol–water partition coefficient (Wildman–Crippen LogP) is 1.78. The van der Waals surface area contributed by atoms with Gasteiger partial charge in [0, 0.05) is 6.07 Å². The molecule has 9 heteroatoms. The summed E-state index contributed by atoms with van der Waals surface area (Å²) in [6, 6.07) is 3.32. The largest absolute Gasteiger partial charge is 0.477 e. The minimum Gasteiger partial charge on any atom is -0.477 e. The molecular weight excluding hydrogens is 295 g/mol. The number of hydrogen-bond donors (Lipinski definition) is 2. The molecule has 0 bridgehead atoms. The summed E-state index contributed by atoms with van der Waals surface area (Å²) in [6.45, 7) is 0. The smallest absolute Gasteiger partial charge is 0.345 e. The number of carboxylic acids is 1. The van der Waals surface area contributed by atoms with E-state index in [2.05, 4.69) is 9.71 Å². The first-order chi connectivity index (χ1) is 8.88. The van der Waals surface area contributed by atoms with Crippen LogP contribution >= 0.6 is 11.3 Å². The molecule has 0 unspecified atom stereocenters. The van der Waals surface area contributed by atoms with Crippen molar-refractivity contribution in [1.82, 2.24) is 4.98 Å². The van der Waals surface area contributed by atoms with Gasteiger partial charge < -0.3 is 5.11 Å². The summed E-state index contributed by atoms with van der Waals surface area (Å²) >= 11 is 0.607. The van der Waals surface area contributed by atoms with Crippen LogP contribution in [0.4, 0.5) is 10.1 Å². The van der Waals surface area contributed by atoms with Crippen molar-refractivity contribution in [2.24, 2.45) is 0 Å². The molecule has 0 radical (unpaired) electrons. The van der Waals surface area contributed by atoms with Crippen LogP contribution in [0, 0.1) is 5.82 Å². The number of rotatable bonds is 4. The van der Waals surface area contributed by atoms with Gasteiger partial charge >= 0.3 is 5.97 Å². The van der Waals surface area contributed by atoms with E-state index in [0.717, 1.165) is 18.5 Å². The SMILES string of the molecule is O=C(O)c1ccc(S(=O)(=O)Nc2cncc(F)c2)s1. The minimum absolute atomic E-state index is 0.0368. The normalized spacial score (nSPS) is 11.2. The Morgan fingerprint density at radius 1 is 1.37 bits per heavy atom. The number of sulfonamides is 1. The Morgan fingerprint density at radius 3 is 2.68 bits per heavy atom. The van der Waals surface area contributed by atoms with Crippen LogP contribution in [0.15, 0.2) is 34.8 Å². The number of halogens is 1. The summed E-state index contributed by atoms with van der Waals surface area (Å²) in [5, 5.41) is 8.73. The summed E-state index contributed by atoms with van der Waals surface area (Å²) in [5.41, 5.74) is -0.0368. The fraction of sp³-hybridized carbons (Fsp3) is 0. The van der Waals surface area contributed by atoms with Gasteiger partial charge in [0.25, 0.3) is 10.0 Å². The number of aromatic carboxylic acids is 1. The van der Waals surface area contributed by atoms with E-state index in [1.807, 2.05) is 0 Å². The maximum atomic E-state index is 12.9. The average molecular weight is 302 g/mol. The summed E-state index contributed by atoms with van der Waals surface area (Å²) in [4.78, 5) is 14.1. The Kier molecular flexibility index (Phi) is 3.49. The lowest BCUT2D eigenvalue weighted by molar-refractivity contribution is 0.0702. The highest BCUT2D eigenvalue weighted by atomic mass is 32.2. The van der Waals surface area contributed by atoms with Crippen LogP contribution in [0.2, 0.25) is 0 Å². The van der Waals surface area contributed by atoms with Gasteiger partial charge in [0.2, 0.25) is 0 Å². The molecule has 2 aromatic rings. The number of hydrogen-bond acceptors (Lipinski definition) is 5. The number of thiophene rings is 1. The van der Waals surface area contributed by atoms with E-state index >= 15 is 0 Å². The molecule has 0 spiro atoms. The van der Waals surface area contributed by atoms with Crippen LogP contribution in [-0.4, -0.2) is 24.5 Å². The molecule has 0 aromatic carbocycles. The first-order valence-corrected chi connectivity index (χ1v) is 7.15. The van der Waals surface area contributed by atoms with Crippen molar-refractivity contribution in [2.75, 3.05) is 4.72 Å². The van der Waals surface area contributed by atoms with E-state index in [9.17, 15) is 17.6 Å². The number of carbonyl (C=O) groups is 1. The lowest BCUT2D eigenvalue weighted by Gasteiger charge is -2.05. The molecule has 19 heavy (non-hydrogen) atoms. The number of aromatic nitrogens is 1. The van der Waals surface area contributed by atoms with Crippen molar-refractivity contribution in [3.8, 4) is 0 Å². The van der Waals surface area contributed by atoms with Gasteiger partial charge in [-0.05, 0) is 12.1 Å². The third kappa shape index (κ3) is 3.06. The molecule has 0 saturated heterocycles. The summed E-state index contributed by atoms with van der Waals surface area (Å²) in [5.74, 6) is -1.89. The van der Waals surface area contributed by atoms with E-state index < -0.39 is 21.8 Å². The van der Waals surface area contributed by atoms with Crippen molar-refractivity contribution < 1.29 is 22.7 Å². The highest BCUT2D eigenvalue weighted by Gasteiger charge is 2.19. The van der Waals surface area contributed by atoms with Gasteiger partial charge in [0.1, 0.15) is 14.9 Å². The number of anilines is 1. The predicted molar refractivity (Wildman–Crippen MR) is 66.3 cm³/mol. The molecule has 0 fully saturated rings. The van der Waals surface area contributed by atoms with Gasteiger partial charge in [0.15, 0.2) is 0 Å². The van der Waals surface area contributed by atoms with E-state index in [1.54, 1.807) is 0 Å². The zero-order valence-electron chi connectivity index (χ0n) is 9.20. The molecule has 0 aliphatic rings. The molecule has 2 rings (SSSR count). The molecule has 2 heterocycles. The Balaban J connectivity index is 2.29. The van der Waals surface area contributed by atoms with Crippen molar-refractivity contribution in [1.29, 1.82) is 0 Å². The lowest BCUT2D eigenvalue weighted by Crippen LogP contribution is -2.11. The second-order valence-corrected chi connectivity index (χ2v) is 6.41. The van der Waals surface area contributed by atoms with Crippen molar-refractivity contribution in [2.45, 2.75) is 4.21 Å². The fourth-order valence-electron chi connectivity index (χ4n) is 1.25. The topological polar surface area (TPSA) is 96.4 Å². The quantitative estimate of drug-likeness (QED) is 0.897. The van der Waals surface area contributed by atoms with Crippen LogP contribution in [0.5, 0.6) is 0 Å². The van der Waals surface area contributed by atoms with Gasteiger partial charge in [-0.2, -0.15) is 0 Å². The van der Waals surface area contributed by atoms with E-state index in [0.29, 0.717) is 11.3 Å². The summed E-state index contributed by atoms with van der Waals surface area (Å²) in [6.07, 6.45) is 2.08. The van der Waals surface area contributed by atoms with Crippen LogP contribution in [0.25, 0.3) is 0 Å². The zero-order chi connectivity index (χ0) is 14.0. The molecule has 0 aliphatic heterocycles. The number of carboxylic acid groups (broad SMARTS) is 1. The monoisotopic (exact) mass is 302 g/mol. The maximum Gasteiger partial charge on any atom is 0.345 e. The summed E-state index contributed by atoms with van der Waals surface area (Å²) < 4.78 is 38.6. The number of nitrogens with one attached hydrogen (secondary N) is 1. The molecule has 0 saturated carbocycles. The van der Waals surface area contributed by atoms with Gasteiger partial charge in [-0.15, -0.1) is 11.3 Å². The molecule has 0 aliphatic carbocycles. The number of pyridine rings is 1. The van der Waals surface area contributed by atoms with Crippen LogP contribution in [0.3, 0.4) is 0 Å². The third-order valence-electron chi connectivity index (χ3n) is 2.01. The second kappa shape index (κ2) is 4.94.